The van der Waals surface area contributed by atoms with Crippen molar-refractivity contribution in [3.05, 3.63) is 39.8 Å². The van der Waals surface area contributed by atoms with E-state index in [0.717, 1.165) is 15.9 Å². The molecule has 1 aromatic carbocycles. The van der Waals surface area contributed by atoms with Crippen molar-refractivity contribution in [2.45, 2.75) is 13.3 Å². The van der Waals surface area contributed by atoms with Crippen molar-refractivity contribution in [1.29, 1.82) is 0 Å². The minimum absolute atomic E-state index is 1.00. The van der Waals surface area contributed by atoms with E-state index in [4.69, 9.17) is 0 Å². The van der Waals surface area contributed by atoms with Gasteiger partial charge in [0.15, 0.2) is 0 Å². The third kappa shape index (κ3) is 2.04. The lowest BCUT2D eigenvalue weighted by molar-refractivity contribution is 1.07. The van der Waals surface area contributed by atoms with E-state index >= 15 is 0 Å². The molecule has 0 bridgehead atoms. The first-order chi connectivity index (χ1) is 6.79. The molecule has 0 unspecified atom stereocenters. The molecule has 3 heteroatoms. The highest BCUT2D eigenvalue weighted by Crippen LogP contribution is 2.26. The van der Waals surface area contributed by atoms with Gasteiger partial charge < -0.3 is 0 Å². The molecule has 0 aliphatic carbocycles. The van der Waals surface area contributed by atoms with E-state index in [9.17, 15) is 0 Å². The Labute approximate surface area is 95.9 Å². The quantitative estimate of drug-likeness (QED) is 0.797. The number of benzene rings is 1. The van der Waals surface area contributed by atoms with Crippen LogP contribution in [0, 0.1) is 0 Å². The molecule has 2 aromatic rings. The fourth-order valence-corrected chi connectivity index (χ4v) is 2.52. The highest BCUT2D eigenvalue weighted by Gasteiger charge is 2.03. The maximum atomic E-state index is 4.54. The Morgan fingerprint density at radius 2 is 2.29 bits per heavy atom. The van der Waals surface area contributed by atoms with E-state index in [1.807, 2.05) is 12.1 Å². The van der Waals surface area contributed by atoms with Gasteiger partial charge in [-0.1, -0.05) is 35.0 Å². The van der Waals surface area contributed by atoms with Gasteiger partial charge in [0.2, 0.25) is 0 Å². The van der Waals surface area contributed by atoms with Crippen molar-refractivity contribution in [3.8, 4) is 10.6 Å². The minimum Gasteiger partial charge on any atom is -0.241 e. The Morgan fingerprint density at radius 1 is 1.43 bits per heavy atom. The molecule has 72 valence electrons. The van der Waals surface area contributed by atoms with Crippen molar-refractivity contribution >= 4 is 27.3 Å². The van der Waals surface area contributed by atoms with Gasteiger partial charge in [0.05, 0.1) is 5.69 Å². The number of aromatic nitrogens is 1. The van der Waals surface area contributed by atoms with Crippen LogP contribution in [0.1, 0.15) is 12.6 Å². The van der Waals surface area contributed by atoms with Gasteiger partial charge in [0, 0.05) is 15.4 Å². The SMILES string of the molecule is CCc1csc(-c2cccc(Br)c2)n1. The highest BCUT2D eigenvalue weighted by atomic mass is 79.9. The van der Waals surface area contributed by atoms with Gasteiger partial charge in [-0.15, -0.1) is 11.3 Å². The molecule has 0 atom stereocenters. The molecule has 0 aliphatic rings. The van der Waals surface area contributed by atoms with Crippen LogP contribution in [-0.4, -0.2) is 4.98 Å². The summed E-state index contributed by atoms with van der Waals surface area (Å²) in [6.45, 7) is 2.12. The molecule has 0 N–H and O–H groups in total. The summed E-state index contributed by atoms with van der Waals surface area (Å²) in [4.78, 5) is 4.54. The van der Waals surface area contributed by atoms with Crippen LogP contribution in [0.3, 0.4) is 0 Å². The van der Waals surface area contributed by atoms with Crippen LogP contribution in [0.15, 0.2) is 34.1 Å². The van der Waals surface area contributed by atoms with Crippen molar-refractivity contribution in [3.63, 3.8) is 0 Å². The maximum absolute atomic E-state index is 4.54. The molecule has 1 heterocycles. The molecular formula is C11H10BrNS. The number of aryl methyl sites for hydroxylation is 1. The minimum atomic E-state index is 1.00. The van der Waals surface area contributed by atoms with Crippen LogP contribution in [0.4, 0.5) is 0 Å². The average Bonchev–Trinajstić information content (AvgIpc) is 2.66. The van der Waals surface area contributed by atoms with Crippen LogP contribution in [0.5, 0.6) is 0 Å². The molecule has 2 rings (SSSR count). The number of thiazole rings is 1. The molecule has 1 aromatic heterocycles. The second-order valence-electron chi connectivity index (χ2n) is 3.01. The van der Waals surface area contributed by atoms with E-state index in [0.29, 0.717) is 0 Å². The van der Waals surface area contributed by atoms with Gasteiger partial charge in [-0.2, -0.15) is 0 Å². The predicted molar refractivity (Wildman–Crippen MR) is 64.6 cm³/mol. The second-order valence-corrected chi connectivity index (χ2v) is 4.78. The zero-order valence-electron chi connectivity index (χ0n) is 7.83. The van der Waals surface area contributed by atoms with Crippen molar-refractivity contribution < 1.29 is 0 Å². The van der Waals surface area contributed by atoms with Crippen LogP contribution in [-0.2, 0) is 6.42 Å². The fraction of sp³-hybridized carbons (Fsp3) is 0.182. The zero-order valence-corrected chi connectivity index (χ0v) is 10.2. The number of hydrogen-bond acceptors (Lipinski definition) is 2. The summed E-state index contributed by atoms with van der Waals surface area (Å²) >= 11 is 5.16. The highest BCUT2D eigenvalue weighted by molar-refractivity contribution is 9.10. The van der Waals surface area contributed by atoms with Crippen molar-refractivity contribution in [2.75, 3.05) is 0 Å². The normalized spacial score (nSPS) is 10.4. The van der Waals surface area contributed by atoms with E-state index in [2.05, 4.69) is 45.4 Å². The molecule has 0 aliphatic heterocycles. The van der Waals surface area contributed by atoms with Gasteiger partial charge in [-0.05, 0) is 18.6 Å². The molecule has 0 spiro atoms. The summed E-state index contributed by atoms with van der Waals surface area (Å²) in [6.07, 6.45) is 1.00. The van der Waals surface area contributed by atoms with E-state index in [1.165, 1.54) is 11.3 Å². The van der Waals surface area contributed by atoms with Gasteiger partial charge in [0.25, 0.3) is 0 Å². The Kier molecular flexibility index (Phi) is 2.99. The molecule has 14 heavy (non-hydrogen) atoms. The van der Waals surface area contributed by atoms with Gasteiger partial charge in [-0.25, -0.2) is 4.98 Å². The predicted octanol–water partition coefficient (Wildman–Crippen LogP) is 4.14. The number of halogens is 1. The number of rotatable bonds is 2. The Balaban J connectivity index is 2.39. The third-order valence-electron chi connectivity index (χ3n) is 1.99. The lowest BCUT2D eigenvalue weighted by Gasteiger charge is -1.96. The lowest BCUT2D eigenvalue weighted by Crippen LogP contribution is -1.80. The van der Waals surface area contributed by atoms with Crippen molar-refractivity contribution in [2.24, 2.45) is 0 Å². The van der Waals surface area contributed by atoms with Crippen LogP contribution in [0.25, 0.3) is 10.6 Å². The standard InChI is InChI=1S/C11H10BrNS/c1-2-10-7-14-11(13-10)8-4-3-5-9(12)6-8/h3-7H,2H2,1H3. The maximum Gasteiger partial charge on any atom is 0.123 e. The molecule has 0 radical (unpaired) electrons. The van der Waals surface area contributed by atoms with Gasteiger partial charge >= 0.3 is 0 Å². The fourth-order valence-electron chi connectivity index (χ4n) is 1.22. The molecule has 0 saturated carbocycles. The average molecular weight is 268 g/mol. The summed E-state index contributed by atoms with van der Waals surface area (Å²) in [5.41, 5.74) is 2.36. The first-order valence-electron chi connectivity index (χ1n) is 4.50. The lowest BCUT2D eigenvalue weighted by atomic mass is 10.2. The number of nitrogens with zero attached hydrogens (tertiary/aromatic N) is 1. The summed E-state index contributed by atoms with van der Waals surface area (Å²) in [5, 5.41) is 3.22. The van der Waals surface area contributed by atoms with E-state index in [-0.39, 0.29) is 0 Å². The first-order valence-corrected chi connectivity index (χ1v) is 6.17. The second kappa shape index (κ2) is 4.24. The monoisotopic (exact) mass is 267 g/mol. The Hall–Kier alpha value is -0.670. The molecule has 1 nitrogen and oxygen atoms in total. The zero-order chi connectivity index (χ0) is 9.97. The topological polar surface area (TPSA) is 12.9 Å². The summed E-state index contributed by atoms with van der Waals surface area (Å²) in [7, 11) is 0. The Bertz CT molecular complexity index is 436. The summed E-state index contributed by atoms with van der Waals surface area (Å²) in [6, 6.07) is 8.24. The van der Waals surface area contributed by atoms with Crippen LogP contribution >= 0.6 is 27.3 Å². The summed E-state index contributed by atoms with van der Waals surface area (Å²) in [5.74, 6) is 0. The summed E-state index contributed by atoms with van der Waals surface area (Å²) < 4.78 is 1.10. The van der Waals surface area contributed by atoms with E-state index < -0.39 is 0 Å². The molecule has 0 saturated heterocycles. The van der Waals surface area contributed by atoms with Gasteiger partial charge in [-0.3, -0.25) is 0 Å². The van der Waals surface area contributed by atoms with Crippen LogP contribution < -0.4 is 0 Å². The number of hydrogen-bond donors (Lipinski definition) is 0. The van der Waals surface area contributed by atoms with Crippen molar-refractivity contribution in [1.82, 2.24) is 4.98 Å². The first kappa shape index (κ1) is 9.87. The molecular weight excluding hydrogens is 258 g/mol. The molecule has 0 fully saturated rings. The molecule has 0 amide bonds. The van der Waals surface area contributed by atoms with E-state index in [1.54, 1.807) is 11.3 Å². The largest absolute Gasteiger partial charge is 0.241 e. The smallest absolute Gasteiger partial charge is 0.123 e. The Morgan fingerprint density at radius 3 is 2.93 bits per heavy atom. The van der Waals surface area contributed by atoms with Gasteiger partial charge in [0.1, 0.15) is 5.01 Å². The third-order valence-corrected chi connectivity index (χ3v) is 3.42. The van der Waals surface area contributed by atoms with Crippen LogP contribution in [0.2, 0.25) is 0 Å².